The van der Waals surface area contributed by atoms with Crippen LogP contribution in [0.2, 0.25) is 0 Å². The topological polar surface area (TPSA) is 70.5 Å². The smallest absolute Gasteiger partial charge is 0.325 e. The van der Waals surface area contributed by atoms with Crippen LogP contribution in [0.3, 0.4) is 0 Å². The van der Waals surface area contributed by atoms with E-state index in [1.807, 2.05) is 12.1 Å². The lowest BCUT2D eigenvalue weighted by atomic mass is 10.1. The maximum absolute atomic E-state index is 12.3. The molecular weight excluding hydrogens is 342 g/mol. The summed E-state index contributed by atoms with van der Waals surface area (Å²) in [5.41, 5.74) is 1.39. The first kappa shape index (κ1) is 18.0. The highest BCUT2D eigenvalue weighted by atomic mass is 16.2. The third kappa shape index (κ3) is 3.10. The van der Waals surface area contributed by atoms with Crippen LogP contribution < -0.4 is 5.32 Å². The Bertz CT molecular complexity index is 888. The number of aromatic nitrogens is 2. The molecule has 0 bridgehead atoms. The summed E-state index contributed by atoms with van der Waals surface area (Å²) in [7, 11) is 2.08. The third-order valence-electron chi connectivity index (χ3n) is 5.75. The molecule has 27 heavy (non-hydrogen) atoms. The summed E-state index contributed by atoms with van der Waals surface area (Å²) >= 11 is 0. The molecule has 0 saturated carbocycles. The fourth-order valence-corrected chi connectivity index (χ4v) is 4.30. The molecule has 2 saturated heterocycles. The molecule has 0 aliphatic carbocycles. The highest BCUT2D eigenvalue weighted by molar-refractivity contribution is 6.06. The standard InChI is InChI=1S/C20H27N5O2/c1-20(2)18(26)25(19(27)22-20)13-7-12-24-11-6-10-16(24)17-21-14-8-4-5-9-15(14)23(17)3/h4-5,8-9,16H,6-7,10-13H2,1-3H3,(H,22,27)/t16-/m1/s1. The largest absolute Gasteiger partial charge is 0.330 e. The highest BCUT2D eigenvalue weighted by Crippen LogP contribution is 2.33. The summed E-state index contributed by atoms with van der Waals surface area (Å²) in [5, 5.41) is 2.74. The minimum atomic E-state index is -0.791. The van der Waals surface area contributed by atoms with Crippen LogP contribution in [0, 0.1) is 0 Å². The molecule has 3 heterocycles. The van der Waals surface area contributed by atoms with Gasteiger partial charge in [-0.3, -0.25) is 14.6 Å². The van der Waals surface area contributed by atoms with Crippen LogP contribution in [0.1, 0.15) is 45.0 Å². The first-order valence-electron chi connectivity index (χ1n) is 9.68. The monoisotopic (exact) mass is 369 g/mol. The van der Waals surface area contributed by atoms with Crippen LogP contribution in [0.4, 0.5) is 4.79 Å². The number of carbonyl (C=O) groups is 2. The summed E-state index contributed by atoms with van der Waals surface area (Å²) in [5.74, 6) is 0.964. The lowest BCUT2D eigenvalue weighted by Crippen LogP contribution is -2.40. The summed E-state index contributed by atoms with van der Waals surface area (Å²) in [6, 6.07) is 8.23. The van der Waals surface area contributed by atoms with Crippen molar-refractivity contribution in [2.45, 2.75) is 44.7 Å². The average Bonchev–Trinajstić information content (AvgIpc) is 3.27. The van der Waals surface area contributed by atoms with Gasteiger partial charge in [-0.2, -0.15) is 0 Å². The van der Waals surface area contributed by atoms with Gasteiger partial charge in [0.2, 0.25) is 0 Å². The number of para-hydroxylation sites is 2. The molecule has 0 unspecified atom stereocenters. The second-order valence-corrected chi connectivity index (χ2v) is 8.08. The molecule has 2 aliphatic rings. The van der Waals surface area contributed by atoms with Gasteiger partial charge in [0.05, 0.1) is 17.1 Å². The average molecular weight is 369 g/mol. The van der Waals surface area contributed by atoms with E-state index >= 15 is 0 Å². The van der Waals surface area contributed by atoms with Crippen molar-refractivity contribution in [3.63, 3.8) is 0 Å². The number of likely N-dealkylation sites (tertiary alicyclic amines) is 1. The van der Waals surface area contributed by atoms with Crippen molar-refractivity contribution in [3.8, 4) is 0 Å². The predicted molar refractivity (Wildman–Crippen MR) is 103 cm³/mol. The predicted octanol–water partition coefficient (Wildman–Crippen LogP) is 2.43. The lowest BCUT2D eigenvalue weighted by molar-refractivity contribution is -0.130. The summed E-state index contributed by atoms with van der Waals surface area (Å²) < 4.78 is 2.19. The molecule has 1 aromatic carbocycles. The summed E-state index contributed by atoms with van der Waals surface area (Å²) in [6.07, 6.45) is 3.01. The zero-order valence-electron chi connectivity index (χ0n) is 16.2. The highest BCUT2D eigenvalue weighted by Gasteiger charge is 2.43. The van der Waals surface area contributed by atoms with Crippen molar-refractivity contribution in [1.82, 2.24) is 24.7 Å². The van der Waals surface area contributed by atoms with E-state index in [1.54, 1.807) is 13.8 Å². The molecule has 7 nitrogen and oxygen atoms in total. The number of nitrogens with zero attached hydrogens (tertiary/aromatic N) is 4. The quantitative estimate of drug-likeness (QED) is 0.822. The van der Waals surface area contributed by atoms with Gasteiger partial charge in [0.25, 0.3) is 5.91 Å². The number of urea groups is 1. The van der Waals surface area contributed by atoms with Crippen LogP contribution in [0.5, 0.6) is 0 Å². The Labute approximate surface area is 159 Å². The Balaban J connectivity index is 1.43. The van der Waals surface area contributed by atoms with Crippen LogP contribution in [0.15, 0.2) is 24.3 Å². The van der Waals surface area contributed by atoms with Gasteiger partial charge in [0, 0.05) is 20.1 Å². The normalized spacial score (nSPS) is 22.8. The second-order valence-electron chi connectivity index (χ2n) is 8.08. The van der Waals surface area contributed by atoms with E-state index < -0.39 is 5.54 Å². The van der Waals surface area contributed by atoms with E-state index in [1.165, 1.54) is 4.90 Å². The Morgan fingerprint density at radius 1 is 1.22 bits per heavy atom. The second kappa shape index (κ2) is 6.64. The van der Waals surface area contributed by atoms with Crippen LogP contribution >= 0.6 is 0 Å². The Kier molecular flexibility index (Phi) is 4.42. The minimum absolute atomic E-state index is 0.138. The fraction of sp³-hybridized carbons (Fsp3) is 0.550. The number of amides is 3. The van der Waals surface area contributed by atoms with Crippen molar-refractivity contribution >= 4 is 23.0 Å². The molecule has 0 spiro atoms. The number of carbonyl (C=O) groups excluding carboxylic acids is 2. The number of imidazole rings is 1. The van der Waals surface area contributed by atoms with E-state index in [2.05, 4.69) is 34.0 Å². The van der Waals surface area contributed by atoms with Crippen molar-refractivity contribution in [2.24, 2.45) is 7.05 Å². The zero-order chi connectivity index (χ0) is 19.2. The molecule has 2 aliphatic heterocycles. The van der Waals surface area contributed by atoms with Gasteiger partial charge < -0.3 is 9.88 Å². The molecule has 2 fully saturated rings. The zero-order valence-corrected chi connectivity index (χ0v) is 16.2. The number of rotatable bonds is 5. The maximum atomic E-state index is 12.3. The van der Waals surface area contributed by atoms with Crippen molar-refractivity contribution < 1.29 is 9.59 Å². The van der Waals surface area contributed by atoms with Crippen LogP contribution in [-0.4, -0.2) is 56.5 Å². The number of aryl methyl sites for hydroxylation is 1. The van der Waals surface area contributed by atoms with E-state index in [-0.39, 0.29) is 11.9 Å². The number of hydrogen-bond acceptors (Lipinski definition) is 4. The molecule has 0 radical (unpaired) electrons. The van der Waals surface area contributed by atoms with E-state index in [9.17, 15) is 9.59 Å². The molecule has 1 aromatic heterocycles. The molecule has 1 atom stereocenters. The molecular formula is C20H27N5O2. The lowest BCUT2D eigenvalue weighted by Gasteiger charge is -2.25. The van der Waals surface area contributed by atoms with Gasteiger partial charge in [-0.05, 0) is 51.8 Å². The Morgan fingerprint density at radius 3 is 2.70 bits per heavy atom. The van der Waals surface area contributed by atoms with Gasteiger partial charge >= 0.3 is 6.03 Å². The Hall–Kier alpha value is -2.41. The summed E-state index contributed by atoms with van der Waals surface area (Å²) in [6.45, 7) is 5.83. The number of nitrogens with one attached hydrogen (secondary N) is 1. The van der Waals surface area contributed by atoms with E-state index in [0.29, 0.717) is 12.6 Å². The number of benzene rings is 1. The van der Waals surface area contributed by atoms with Crippen LogP contribution in [0.25, 0.3) is 11.0 Å². The minimum Gasteiger partial charge on any atom is -0.330 e. The number of hydrogen-bond donors (Lipinski definition) is 1. The maximum Gasteiger partial charge on any atom is 0.325 e. The molecule has 3 amide bonds. The van der Waals surface area contributed by atoms with Crippen molar-refractivity contribution in [2.75, 3.05) is 19.6 Å². The molecule has 144 valence electrons. The van der Waals surface area contributed by atoms with E-state index in [4.69, 9.17) is 4.98 Å². The summed E-state index contributed by atoms with van der Waals surface area (Å²) in [4.78, 5) is 33.0. The van der Waals surface area contributed by atoms with Gasteiger partial charge in [-0.15, -0.1) is 0 Å². The van der Waals surface area contributed by atoms with Crippen molar-refractivity contribution in [1.29, 1.82) is 0 Å². The third-order valence-corrected chi connectivity index (χ3v) is 5.75. The van der Waals surface area contributed by atoms with Gasteiger partial charge in [-0.1, -0.05) is 12.1 Å². The number of fused-ring (bicyclic) bond motifs is 1. The first-order valence-corrected chi connectivity index (χ1v) is 9.68. The first-order chi connectivity index (χ1) is 12.9. The number of imide groups is 1. The van der Waals surface area contributed by atoms with E-state index in [0.717, 1.165) is 49.2 Å². The van der Waals surface area contributed by atoms with Gasteiger partial charge in [0.15, 0.2) is 0 Å². The molecule has 7 heteroatoms. The fourth-order valence-electron chi connectivity index (χ4n) is 4.30. The Morgan fingerprint density at radius 2 is 2.00 bits per heavy atom. The van der Waals surface area contributed by atoms with Gasteiger partial charge in [0.1, 0.15) is 11.4 Å². The van der Waals surface area contributed by atoms with Crippen LogP contribution in [-0.2, 0) is 11.8 Å². The molecule has 1 N–H and O–H groups in total. The SMILES string of the molecule is Cn1c([C@H]2CCCN2CCCN2C(=O)NC(C)(C)C2=O)nc2ccccc21. The van der Waals surface area contributed by atoms with Crippen molar-refractivity contribution in [3.05, 3.63) is 30.1 Å². The van der Waals surface area contributed by atoms with Gasteiger partial charge in [-0.25, -0.2) is 9.78 Å². The molecule has 4 rings (SSSR count). The molecule has 2 aromatic rings.